The van der Waals surface area contributed by atoms with Crippen LogP contribution in [0, 0.1) is 0 Å². The standard InChI is InChI=1S/C27H30N4O2/c1-4-7-16-28-27(32)22-17-23(19-12-14-21(15-13-19)33-6-3)29-26-24(22)25(30-31-26)20-10-8-18(5-2)9-11-20/h8-15,17H,4-7,16H2,1-3H3,(H,28,32)(H,29,30,31). The molecule has 0 saturated heterocycles. The molecule has 33 heavy (non-hydrogen) atoms. The molecular weight excluding hydrogens is 412 g/mol. The van der Waals surface area contributed by atoms with Crippen molar-refractivity contribution in [2.24, 2.45) is 0 Å². The van der Waals surface area contributed by atoms with Crippen molar-refractivity contribution in [3.63, 3.8) is 0 Å². The van der Waals surface area contributed by atoms with Gasteiger partial charge in [0.05, 0.1) is 28.9 Å². The first-order valence-electron chi connectivity index (χ1n) is 11.6. The van der Waals surface area contributed by atoms with Crippen molar-refractivity contribution in [3.8, 4) is 28.3 Å². The first-order chi connectivity index (χ1) is 16.1. The van der Waals surface area contributed by atoms with Gasteiger partial charge in [-0.25, -0.2) is 4.98 Å². The Labute approximate surface area is 194 Å². The summed E-state index contributed by atoms with van der Waals surface area (Å²) in [5, 5.41) is 11.4. The van der Waals surface area contributed by atoms with Crippen LogP contribution in [0.4, 0.5) is 0 Å². The van der Waals surface area contributed by atoms with Gasteiger partial charge in [0.25, 0.3) is 5.91 Å². The Bertz CT molecular complexity index is 1230. The lowest BCUT2D eigenvalue weighted by Crippen LogP contribution is -2.24. The van der Waals surface area contributed by atoms with Crippen LogP contribution in [0.1, 0.15) is 49.5 Å². The maximum absolute atomic E-state index is 13.2. The number of aryl methyl sites for hydroxylation is 1. The lowest BCUT2D eigenvalue weighted by atomic mass is 10.0. The number of nitrogens with zero attached hydrogens (tertiary/aromatic N) is 2. The number of nitrogens with one attached hydrogen (secondary N) is 2. The van der Waals surface area contributed by atoms with Crippen molar-refractivity contribution in [2.45, 2.75) is 40.0 Å². The van der Waals surface area contributed by atoms with Gasteiger partial charge in [-0.15, -0.1) is 0 Å². The number of H-pyrrole nitrogens is 1. The first-order valence-corrected chi connectivity index (χ1v) is 11.6. The number of hydrogen-bond acceptors (Lipinski definition) is 4. The molecular formula is C27H30N4O2. The maximum Gasteiger partial charge on any atom is 0.252 e. The summed E-state index contributed by atoms with van der Waals surface area (Å²) in [4.78, 5) is 18.0. The summed E-state index contributed by atoms with van der Waals surface area (Å²) in [7, 11) is 0. The fourth-order valence-corrected chi connectivity index (χ4v) is 3.83. The third kappa shape index (κ3) is 4.90. The van der Waals surface area contributed by atoms with Crippen molar-refractivity contribution in [2.75, 3.05) is 13.2 Å². The summed E-state index contributed by atoms with van der Waals surface area (Å²) in [6.45, 7) is 7.44. The highest BCUT2D eigenvalue weighted by Gasteiger charge is 2.20. The van der Waals surface area contributed by atoms with E-state index in [0.29, 0.717) is 30.1 Å². The van der Waals surface area contributed by atoms with Crippen molar-refractivity contribution in [3.05, 3.63) is 65.7 Å². The summed E-state index contributed by atoms with van der Waals surface area (Å²) in [5.74, 6) is 0.688. The van der Waals surface area contributed by atoms with Gasteiger partial charge in [-0.05, 0) is 55.7 Å². The van der Waals surface area contributed by atoms with Crippen LogP contribution in [-0.2, 0) is 6.42 Å². The minimum atomic E-state index is -0.115. The average Bonchev–Trinajstić information content (AvgIpc) is 3.28. The third-order valence-corrected chi connectivity index (χ3v) is 5.70. The number of carbonyl (C=O) groups is 1. The number of rotatable bonds is 9. The van der Waals surface area contributed by atoms with Crippen LogP contribution < -0.4 is 10.1 Å². The number of pyridine rings is 1. The first kappa shape index (κ1) is 22.5. The number of fused-ring (bicyclic) bond motifs is 1. The summed E-state index contributed by atoms with van der Waals surface area (Å²) in [5.41, 5.74) is 5.74. The molecule has 0 fully saturated rings. The molecule has 2 heterocycles. The van der Waals surface area contributed by atoms with Crippen molar-refractivity contribution >= 4 is 16.9 Å². The normalized spacial score (nSPS) is 11.0. The van der Waals surface area contributed by atoms with E-state index in [1.807, 2.05) is 37.3 Å². The molecule has 170 valence electrons. The van der Waals surface area contributed by atoms with E-state index in [2.05, 4.69) is 53.6 Å². The molecule has 4 aromatic rings. The Morgan fingerprint density at radius 3 is 2.39 bits per heavy atom. The molecule has 1 amide bonds. The lowest BCUT2D eigenvalue weighted by Gasteiger charge is -2.10. The van der Waals surface area contributed by atoms with Crippen molar-refractivity contribution < 1.29 is 9.53 Å². The maximum atomic E-state index is 13.2. The molecule has 2 aromatic carbocycles. The number of amides is 1. The minimum Gasteiger partial charge on any atom is -0.494 e. The number of aromatic nitrogens is 3. The van der Waals surface area contributed by atoms with Crippen LogP contribution in [0.5, 0.6) is 5.75 Å². The van der Waals surface area contributed by atoms with Gasteiger partial charge in [-0.2, -0.15) is 5.10 Å². The number of unbranched alkanes of at least 4 members (excludes halogenated alkanes) is 1. The second-order valence-electron chi connectivity index (χ2n) is 7.97. The van der Waals surface area contributed by atoms with E-state index in [4.69, 9.17) is 9.72 Å². The fraction of sp³-hybridized carbons (Fsp3) is 0.296. The zero-order chi connectivity index (χ0) is 23.2. The Morgan fingerprint density at radius 1 is 1.00 bits per heavy atom. The van der Waals surface area contributed by atoms with Gasteiger partial charge in [0.15, 0.2) is 5.65 Å². The van der Waals surface area contributed by atoms with Crippen LogP contribution in [0.2, 0.25) is 0 Å². The van der Waals surface area contributed by atoms with E-state index < -0.39 is 0 Å². The van der Waals surface area contributed by atoms with Gasteiger partial charge in [-0.1, -0.05) is 44.5 Å². The number of hydrogen-bond donors (Lipinski definition) is 2. The minimum absolute atomic E-state index is 0.115. The second-order valence-corrected chi connectivity index (χ2v) is 7.97. The van der Waals surface area contributed by atoms with E-state index in [1.165, 1.54) is 5.56 Å². The number of carbonyl (C=O) groups excluding carboxylic acids is 1. The molecule has 6 nitrogen and oxygen atoms in total. The Hall–Kier alpha value is -3.67. The Morgan fingerprint density at radius 2 is 1.73 bits per heavy atom. The summed E-state index contributed by atoms with van der Waals surface area (Å²) >= 11 is 0. The van der Waals surface area contributed by atoms with E-state index in [-0.39, 0.29) is 5.91 Å². The molecule has 0 spiro atoms. The van der Waals surface area contributed by atoms with Gasteiger partial charge in [0.2, 0.25) is 0 Å². The van der Waals surface area contributed by atoms with Crippen molar-refractivity contribution in [1.29, 1.82) is 0 Å². The molecule has 0 aliphatic heterocycles. The molecule has 4 rings (SSSR count). The topological polar surface area (TPSA) is 79.9 Å². The van der Waals surface area contributed by atoms with E-state index in [1.54, 1.807) is 0 Å². The van der Waals surface area contributed by atoms with E-state index in [9.17, 15) is 4.79 Å². The second kappa shape index (κ2) is 10.3. The van der Waals surface area contributed by atoms with Gasteiger partial charge in [0.1, 0.15) is 5.75 Å². The van der Waals surface area contributed by atoms with Crippen LogP contribution in [0.15, 0.2) is 54.6 Å². The van der Waals surface area contributed by atoms with Crippen LogP contribution >= 0.6 is 0 Å². The predicted molar refractivity (Wildman–Crippen MR) is 133 cm³/mol. The quantitative estimate of drug-likeness (QED) is 0.322. The largest absolute Gasteiger partial charge is 0.494 e. The monoisotopic (exact) mass is 442 g/mol. The Balaban J connectivity index is 1.81. The highest BCUT2D eigenvalue weighted by atomic mass is 16.5. The molecule has 0 atom stereocenters. The van der Waals surface area contributed by atoms with Crippen molar-refractivity contribution in [1.82, 2.24) is 20.5 Å². The number of ether oxygens (including phenoxy) is 1. The Kier molecular flexibility index (Phi) is 7.03. The molecule has 0 saturated carbocycles. The SMILES string of the molecule is CCCCNC(=O)c1cc(-c2ccc(OCC)cc2)nc2n[nH]c(-c3ccc(CC)cc3)c12. The van der Waals surface area contributed by atoms with Crippen LogP contribution in [-0.4, -0.2) is 34.2 Å². The average molecular weight is 443 g/mol. The smallest absolute Gasteiger partial charge is 0.252 e. The number of aromatic amines is 1. The molecule has 0 unspecified atom stereocenters. The lowest BCUT2D eigenvalue weighted by molar-refractivity contribution is 0.0955. The summed E-state index contributed by atoms with van der Waals surface area (Å²) in [6, 6.07) is 17.9. The zero-order valence-electron chi connectivity index (χ0n) is 19.4. The summed E-state index contributed by atoms with van der Waals surface area (Å²) < 4.78 is 5.55. The fourth-order valence-electron chi connectivity index (χ4n) is 3.83. The molecule has 0 bridgehead atoms. The molecule has 6 heteroatoms. The molecule has 2 aromatic heterocycles. The molecule has 0 aliphatic rings. The highest BCUT2D eigenvalue weighted by molar-refractivity contribution is 6.11. The van der Waals surface area contributed by atoms with Crippen LogP contribution in [0.3, 0.4) is 0 Å². The van der Waals surface area contributed by atoms with Gasteiger partial charge >= 0.3 is 0 Å². The number of benzene rings is 2. The molecule has 0 aliphatic carbocycles. The molecule has 0 radical (unpaired) electrons. The van der Waals surface area contributed by atoms with Gasteiger partial charge in [-0.3, -0.25) is 9.89 Å². The molecule has 2 N–H and O–H groups in total. The zero-order valence-corrected chi connectivity index (χ0v) is 19.4. The van der Waals surface area contributed by atoms with Gasteiger partial charge < -0.3 is 10.1 Å². The third-order valence-electron chi connectivity index (χ3n) is 5.70. The highest BCUT2D eigenvalue weighted by Crippen LogP contribution is 2.32. The van der Waals surface area contributed by atoms with Crippen LogP contribution in [0.25, 0.3) is 33.5 Å². The summed E-state index contributed by atoms with van der Waals surface area (Å²) in [6.07, 6.45) is 2.93. The van der Waals surface area contributed by atoms with Gasteiger partial charge in [0, 0.05) is 17.7 Å². The van der Waals surface area contributed by atoms with E-state index >= 15 is 0 Å². The van der Waals surface area contributed by atoms with E-state index in [0.717, 1.165) is 47.2 Å². The predicted octanol–water partition coefficient (Wildman–Crippen LogP) is 5.78.